The molecule has 3 rings (SSSR count). The molecule has 3 aromatic rings. The van der Waals surface area contributed by atoms with E-state index in [-0.39, 0.29) is 23.9 Å². The summed E-state index contributed by atoms with van der Waals surface area (Å²) in [5, 5.41) is 3.79. The van der Waals surface area contributed by atoms with Gasteiger partial charge in [0.2, 0.25) is 5.91 Å². The van der Waals surface area contributed by atoms with Gasteiger partial charge in [-0.2, -0.15) is 0 Å². The Morgan fingerprint density at radius 2 is 1.75 bits per heavy atom. The first-order chi connectivity index (χ1) is 13.5. The second kappa shape index (κ2) is 8.61. The molecule has 0 bridgehead atoms. The van der Waals surface area contributed by atoms with E-state index in [4.69, 9.17) is 9.47 Å². The average molecular weight is 380 g/mol. The molecule has 0 saturated heterocycles. The molecule has 1 unspecified atom stereocenters. The molecule has 1 aromatic heterocycles. The topological polar surface area (TPSA) is 80.4 Å². The molecule has 28 heavy (non-hydrogen) atoms. The van der Waals surface area contributed by atoms with Crippen molar-refractivity contribution >= 4 is 16.8 Å². The monoisotopic (exact) mass is 380 g/mol. The zero-order chi connectivity index (χ0) is 20.1. The Kier molecular flexibility index (Phi) is 5.99. The number of rotatable bonds is 7. The summed E-state index contributed by atoms with van der Waals surface area (Å²) >= 11 is 0. The molecule has 2 N–H and O–H groups in total. The molecule has 2 aromatic carbocycles. The van der Waals surface area contributed by atoms with Crippen LogP contribution in [0.15, 0.2) is 53.3 Å². The number of aromatic amines is 1. The molecule has 1 amide bonds. The van der Waals surface area contributed by atoms with Crippen LogP contribution in [-0.2, 0) is 11.2 Å². The maximum Gasteiger partial charge on any atom is 0.251 e. The number of nitrogens with one attached hydrogen (secondary N) is 2. The molecule has 1 atom stereocenters. The number of aromatic nitrogens is 1. The number of H-pyrrole nitrogens is 1. The maximum atomic E-state index is 12.4. The average Bonchev–Trinajstić information content (AvgIpc) is 2.71. The molecule has 6 heteroatoms. The SMILES string of the molecule is COc1cc2cc(CCC(=O)NC(C)c3ccccc3)c(=O)[nH]c2cc1OC. The van der Waals surface area contributed by atoms with E-state index in [1.165, 1.54) is 0 Å². The third kappa shape index (κ3) is 4.34. The highest BCUT2D eigenvalue weighted by Gasteiger charge is 2.12. The lowest BCUT2D eigenvalue weighted by Crippen LogP contribution is -2.27. The predicted octanol–water partition coefficient (Wildman–Crippen LogP) is 3.36. The number of hydrogen-bond donors (Lipinski definition) is 2. The van der Waals surface area contributed by atoms with Gasteiger partial charge in [0.15, 0.2) is 11.5 Å². The standard InChI is InChI=1S/C22H24N2O4/c1-14(15-7-5-4-6-8-15)23-21(25)10-9-16-11-17-12-19(27-2)20(28-3)13-18(17)24-22(16)26/h4-8,11-14H,9-10H2,1-3H3,(H,23,25)(H,24,26). The number of aryl methyl sites for hydroxylation is 1. The first-order valence-corrected chi connectivity index (χ1v) is 9.14. The van der Waals surface area contributed by atoms with Gasteiger partial charge in [0, 0.05) is 23.4 Å². The molecule has 6 nitrogen and oxygen atoms in total. The lowest BCUT2D eigenvalue weighted by molar-refractivity contribution is -0.121. The second-order valence-corrected chi connectivity index (χ2v) is 6.62. The fraction of sp³-hybridized carbons (Fsp3) is 0.273. The van der Waals surface area contributed by atoms with Crippen molar-refractivity contribution in [1.29, 1.82) is 0 Å². The summed E-state index contributed by atoms with van der Waals surface area (Å²) in [6.07, 6.45) is 0.589. The van der Waals surface area contributed by atoms with Crippen molar-refractivity contribution in [3.05, 3.63) is 70.0 Å². The number of pyridine rings is 1. The van der Waals surface area contributed by atoms with Crippen LogP contribution in [0.1, 0.15) is 30.5 Å². The molecule has 0 fully saturated rings. The molecular weight excluding hydrogens is 356 g/mol. The molecule has 0 aliphatic heterocycles. The highest BCUT2D eigenvalue weighted by molar-refractivity contribution is 5.83. The van der Waals surface area contributed by atoms with Gasteiger partial charge in [-0.25, -0.2) is 0 Å². The summed E-state index contributed by atoms with van der Waals surface area (Å²) in [5.74, 6) is 1.04. The summed E-state index contributed by atoms with van der Waals surface area (Å²) in [4.78, 5) is 27.5. The lowest BCUT2D eigenvalue weighted by Gasteiger charge is -2.14. The highest BCUT2D eigenvalue weighted by Crippen LogP contribution is 2.31. The largest absolute Gasteiger partial charge is 0.493 e. The minimum absolute atomic E-state index is 0.0830. The van der Waals surface area contributed by atoms with Crippen molar-refractivity contribution < 1.29 is 14.3 Å². The van der Waals surface area contributed by atoms with Crippen LogP contribution in [0.2, 0.25) is 0 Å². The quantitative estimate of drug-likeness (QED) is 0.659. The van der Waals surface area contributed by atoms with Crippen molar-refractivity contribution in [2.75, 3.05) is 14.2 Å². The highest BCUT2D eigenvalue weighted by atomic mass is 16.5. The third-order valence-electron chi connectivity index (χ3n) is 4.72. The van der Waals surface area contributed by atoms with Gasteiger partial charge in [0.05, 0.1) is 25.8 Å². The van der Waals surface area contributed by atoms with E-state index in [0.717, 1.165) is 10.9 Å². The zero-order valence-corrected chi connectivity index (χ0v) is 16.2. The summed E-state index contributed by atoms with van der Waals surface area (Å²) in [6.45, 7) is 1.94. The van der Waals surface area contributed by atoms with Gasteiger partial charge in [-0.3, -0.25) is 9.59 Å². The Morgan fingerprint density at radius 1 is 1.07 bits per heavy atom. The molecule has 0 saturated carbocycles. The number of benzene rings is 2. The van der Waals surface area contributed by atoms with Crippen LogP contribution in [-0.4, -0.2) is 25.1 Å². The number of ether oxygens (including phenoxy) is 2. The first kappa shape index (κ1) is 19.5. The van der Waals surface area contributed by atoms with Crippen molar-refractivity contribution in [2.24, 2.45) is 0 Å². The fourth-order valence-corrected chi connectivity index (χ4v) is 3.15. The van der Waals surface area contributed by atoms with E-state index in [1.54, 1.807) is 26.4 Å². The third-order valence-corrected chi connectivity index (χ3v) is 4.72. The van der Waals surface area contributed by atoms with Crippen LogP contribution in [0.3, 0.4) is 0 Å². The van der Waals surface area contributed by atoms with Crippen molar-refractivity contribution in [1.82, 2.24) is 10.3 Å². The number of hydrogen-bond acceptors (Lipinski definition) is 4. The normalized spacial score (nSPS) is 11.8. The lowest BCUT2D eigenvalue weighted by atomic mass is 10.1. The van der Waals surface area contributed by atoms with Crippen LogP contribution in [0, 0.1) is 0 Å². The van der Waals surface area contributed by atoms with Crippen LogP contribution < -0.4 is 20.3 Å². The van der Waals surface area contributed by atoms with E-state index >= 15 is 0 Å². The number of carbonyl (C=O) groups excluding carboxylic acids is 1. The predicted molar refractivity (Wildman–Crippen MR) is 109 cm³/mol. The zero-order valence-electron chi connectivity index (χ0n) is 16.2. The fourth-order valence-electron chi connectivity index (χ4n) is 3.15. The summed E-state index contributed by atoms with van der Waals surface area (Å²) in [7, 11) is 3.11. The minimum atomic E-state index is -0.205. The summed E-state index contributed by atoms with van der Waals surface area (Å²) < 4.78 is 10.6. The molecule has 0 aliphatic carbocycles. The molecule has 0 radical (unpaired) electrons. The Bertz CT molecular complexity index is 1030. The summed E-state index contributed by atoms with van der Waals surface area (Å²) in [5.41, 5.74) is 2.06. The van der Waals surface area contributed by atoms with Gasteiger partial charge < -0.3 is 19.8 Å². The van der Waals surface area contributed by atoms with Gasteiger partial charge >= 0.3 is 0 Å². The first-order valence-electron chi connectivity index (χ1n) is 9.14. The number of methoxy groups -OCH3 is 2. The van der Waals surface area contributed by atoms with E-state index in [1.807, 2.05) is 43.3 Å². The number of amides is 1. The Balaban J connectivity index is 1.72. The molecule has 0 aliphatic rings. The van der Waals surface area contributed by atoms with Gasteiger partial charge in [-0.15, -0.1) is 0 Å². The molecule has 0 spiro atoms. The van der Waals surface area contributed by atoms with Gasteiger partial charge in [-0.1, -0.05) is 30.3 Å². The maximum absolute atomic E-state index is 12.4. The smallest absolute Gasteiger partial charge is 0.251 e. The van der Waals surface area contributed by atoms with Crippen LogP contribution in [0.4, 0.5) is 0 Å². The van der Waals surface area contributed by atoms with E-state index in [2.05, 4.69) is 10.3 Å². The van der Waals surface area contributed by atoms with Crippen LogP contribution in [0.5, 0.6) is 11.5 Å². The van der Waals surface area contributed by atoms with E-state index in [0.29, 0.717) is 29.0 Å². The van der Waals surface area contributed by atoms with Gasteiger partial charge in [-0.05, 0) is 31.0 Å². The Labute approximate surface area is 163 Å². The molecule has 146 valence electrons. The van der Waals surface area contributed by atoms with E-state index < -0.39 is 0 Å². The van der Waals surface area contributed by atoms with Crippen molar-refractivity contribution in [3.8, 4) is 11.5 Å². The Morgan fingerprint density at radius 3 is 2.43 bits per heavy atom. The van der Waals surface area contributed by atoms with E-state index in [9.17, 15) is 9.59 Å². The van der Waals surface area contributed by atoms with Crippen LogP contribution in [0.25, 0.3) is 10.9 Å². The summed E-state index contributed by atoms with van der Waals surface area (Å²) in [6, 6.07) is 15.0. The van der Waals surface area contributed by atoms with Gasteiger partial charge in [0.1, 0.15) is 0 Å². The van der Waals surface area contributed by atoms with Crippen molar-refractivity contribution in [3.63, 3.8) is 0 Å². The van der Waals surface area contributed by atoms with Crippen molar-refractivity contribution in [2.45, 2.75) is 25.8 Å². The number of carbonyl (C=O) groups is 1. The Hall–Kier alpha value is -3.28. The van der Waals surface area contributed by atoms with Crippen LogP contribution >= 0.6 is 0 Å². The molecular formula is C22H24N2O4. The molecule has 1 heterocycles. The number of fused-ring (bicyclic) bond motifs is 1. The van der Waals surface area contributed by atoms with Gasteiger partial charge in [0.25, 0.3) is 5.56 Å². The second-order valence-electron chi connectivity index (χ2n) is 6.62. The minimum Gasteiger partial charge on any atom is -0.493 e.